The van der Waals surface area contributed by atoms with E-state index in [4.69, 9.17) is 4.74 Å². The number of sulfonamides is 1. The van der Waals surface area contributed by atoms with E-state index in [1.165, 1.54) is 12.5 Å². The van der Waals surface area contributed by atoms with Gasteiger partial charge in [0.1, 0.15) is 5.75 Å². The normalized spacial score (nSPS) is 16.0. The molecule has 140 valence electrons. The highest BCUT2D eigenvalue weighted by Crippen LogP contribution is 2.24. The highest BCUT2D eigenvalue weighted by atomic mass is 32.2. The van der Waals surface area contributed by atoms with E-state index in [2.05, 4.69) is 10.0 Å². The third-order valence-electron chi connectivity index (χ3n) is 4.19. The molecule has 0 bridgehead atoms. The van der Waals surface area contributed by atoms with Crippen LogP contribution in [0.2, 0.25) is 0 Å². The van der Waals surface area contributed by atoms with Gasteiger partial charge in [-0.05, 0) is 57.4 Å². The summed E-state index contributed by atoms with van der Waals surface area (Å²) in [6.07, 6.45) is 5.09. The van der Waals surface area contributed by atoms with Gasteiger partial charge in [0.15, 0.2) is 6.61 Å². The Balaban J connectivity index is 2.01. The number of carbonyl (C=O) groups is 1. The molecule has 1 aliphatic rings. The van der Waals surface area contributed by atoms with Gasteiger partial charge in [-0.15, -0.1) is 0 Å². The SMILES string of the molecule is Cc1cc(S(=O)(=O)NC2CCCCC2)ccc1OCC(=O)NC(C)C. The maximum Gasteiger partial charge on any atom is 0.258 e. The quantitative estimate of drug-likeness (QED) is 0.774. The molecule has 1 saturated carbocycles. The van der Waals surface area contributed by atoms with Crippen LogP contribution in [0.1, 0.15) is 51.5 Å². The molecule has 1 aromatic carbocycles. The Kier molecular flexibility index (Phi) is 6.84. The molecule has 0 unspecified atom stereocenters. The van der Waals surface area contributed by atoms with E-state index in [-0.39, 0.29) is 29.5 Å². The molecule has 2 rings (SSSR count). The van der Waals surface area contributed by atoms with Crippen LogP contribution in [0.25, 0.3) is 0 Å². The number of hydrogen-bond donors (Lipinski definition) is 2. The van der Waals surface area contributed by atoms with Crippen LogP contribution in [0, 0.1) is 6.92 Å². The zero-order valence-corrected chi connectivity index (χ0v) is 16.0. The van der Waals surface area contributed by atoms with E-state index in [0.717, 1.165) is 25.7 Å². The van der Waals surface area contributed by atoms with E-state index in [1.54, 1.807) is 19.1 Å². The monoisotopic (exact) mass is 368 g/mol. The molecule has 0 atom stereocenters. The Bertz CT molecular complexity index is 695. The van der Waals surface area contributed by atoms with Crippen LogP contribution in [0.5, 0.6) is 5.75 Å². The van der Waals surface area contributed by atoms with Gasteiger partial charge in [-0.3, -0.25) is 4.79 Å². The fraction of sp³-hybridized carbons (Fsp3) is 0.611. The van der Waals surface area contributed by atoms with Gasteiger partial charge in [0.2, 0.25) is 10.0 Å². The Morgan fingerprint density at radius 3 is 2.52 bits per heavy atom. The lowest BCUT2D eigenvalue weighted by molar-refractivity contribution is -0.123. The van der Waals surface area contributed by atoms with Gasteiger partial charge in [0.05, 0.1) is 4.90 Å². The topological polar surface area (TPSA) is 84.5 Å². The van der Waals surface area contributed by atoms with Crippen LogP contribution in [-0.2, 0) is 14.8 Å². The predicted octanol–water partition coefficient (Wildman–Crippen LogP) is 2.51. The molecule has 1 aliphatic carbocycles. The molecule has 0 saturated heterocycles. The van der Waals surface area contributed by atoms with E-state index in [9.17, 15) is 13.2 Å². The van der Waals surface area contributed by atoms with Gasteiger partial charge in [-0.2, -0.15) is 0 Å². The van der Waals surface area contributed by atoms with Gasteiger partial charge in [-0.25, -0.2) is 13.1 Å². The summed E-state index contributed by atoms with van der Waals surface area (Å²) < 4.78 is 33.4. The number of carbonyl (C=O) groups excluding carboxylic acids is 1. The fourth-order valence-corrected chi connectivity index (χ4v) is 4.36. The summed E-state index contributed by atoms with van der Waals surface area (Å²) >= 11 is 0. The van der Waals surface area contributed by atoms with Crippen LogP contribution in [0.4, 0.5) is 0 Å². The lowest BCUT2D eigenvalue weighted by atomic mass is 9.96. The van der Waals surface area contributed by atoms with Gasteiger partial charge in [-0.1, -0.05) is 19.3 Å². The molecular weight excluding hydrogens is 340 g/mol. The summed E-state index contributed by atoms with van der Waals surface area (Å²) in [7, 11) is -3.53. The molecule has 1 aromatic rings. The van der Waals surface area contributed by atoms with Crippen LogP contribution in [-0.4, -0.2) is 33.0 Å². The second-order valence-corrected chi connectivity index (χ2v) is 8.61. The second kappa shape index (κ2) is 8.67. The largest absolute Gasteiger partial charge is 0.484 e. The standard InChI is InChI=1S/C18H28N2O4S/c1-13(2)19-18(21)12-24-17-10-9-16(11-14(17)3)25(22,23)20-15-7-5-4-6-8-15/h9-11,13,15,20H,4-8,12H2,1-3H3,(H,19,21). The van der Waals surface area contributed by atoms with Crippen LogP contribution in [0.15, 0.2) is 23.1 Å². The number of ether oxygens (including phenoxy) is 1. The summed E-state index contributed by atoms with van der Waals surface area (Å²) in [4.78, 5) is 11.9. The molecule has 1 fully saturated rings. The van der Waals surface area contributed by atoms with Crippen molar-refractivity contribution in [3.63, 3.8) is 0 Å². The van der Waals surface area contributed by atoms with Crippen molar-refractivity contribution in [2.45, 2.75) is 69.9 Å². The van der Waals surface area contributed by atoms with Crippen molar-refractivity contribution in [3.05, 3.63) is 23.8 Å². The summed E-state index contributed by atoms with van der Waals surface area (Å²) in [5, 5.41) is 2.74. The summed E-state index contributed by atoms with van der Waals surface area (Å²) in [6, 6.07) is 4.78. The Hall–Kier alpha value is -1.60. The maximum atomic E-state index is 12.5. The number of nitrogens with one attached hydrogen (secondary N) is 2. The van der Waals surface area contributed by atoms with E-state index >= 15 is 0 Å². The first-order valence-electron chi connectivity index (χ1n) is 8.83. The van der Waals surface area contributed by atoms with E-state index < -0.39 is 10.0 Å². The van der Waals surface area contributed by atoms with Crippen LogP contribution in [0.3, 0.4) is 0 Å². The molecule has 0 aliphatic heterocycles. The van der Waals surface area contributed by atoms with Gasteiger partial charge in [0, 0.05) is 12.1 Å². The average molecular weight is 368 g/mol. The number of benzene rings is 1. The van der Waals surface area contributed by atoms with Gasteiger partial charge >= 0.3 is 0 Å². The molecule has 6 nitrogen and oxygen atoms in total. The number of aryl methyl sites for hydroxylation is 1. The molecule has 25 heavy (non-hydrogen) atoms. The smallest absolute Gasteiger partial charge is 0.258 e. The zero-order chi connectivity index (χ0) is 18.4. The van der Waals surface area contributed by atoms with Crippen molar-refractivity contribution in [2.75, 3.05) is 6.61 Å². The summed E-state index contributed by atoms with van der Waals surface area (Å²) in [5.41, 5.74) is 0.684. The van der Waals surface area contributed by atoms with Crippen molar-refractivity contribution in [1.29, 1.82) is 0 Å². The summed E-state index contributed by atoms with van der Waals surface area (Å²) in [5.74, 6) is 0.306. The van der Waals surface area contributed by atoms with Gasteiger partial charge < -0.3 is 10.1 Å². The number of hydrogen-bond acceptors (Lipinski definition) is 4. The minimum atomic E-state index is -3.53. The van der Waals surface area contributed by atoms with Crippen molar-refractivity contribution < 1.29 is 17.9 Å². The number of rotatable bonds is 7. The molecule has 2 N–H and O–H groups in total. The zero-order valence-electron chi connectivity index (χ0n) is 15.2. The average Bonchev–Trinajstić information content (AvgIpc) is 2.53. The lowest BCUT2D eigenvalue weighted by Gasteiger charge is -2.22. The van der Waals surface area contributed by atoms with Crippen molar-refractivity contribution in [3.8, 4) is 5.75 Å². The molecule has 0 radical (unpaired) electrons. The molecule has 0 spiro atoms. The van der Waals surface area contributed by atoms with Gasteiger partial charge in [0.25, 0.3) is 5.91 Å². The molecule has 0 aromatic heterocycles. The molecular formula is C18H28N2O4S. The first kappa shape index (κ1) is 19.7. The Morgan fingerprint density at radius 2 is 1.92 bits per heavy atom. The minimum Gasteiger partial charge on any atom is -0.484 e. The molecule has 0 heterocycles. The molecule has 7 heteroatoms. The predicted molar refractivity (Wildman–Crippen MR) is 97.1 cm³/mol. The Morgan fingerprint density at radius 1 is 1.24 bits per heavy atom. The minimum absolute atomic E-state index is 0.0229. The fourth-order valence-electron chi connectivity index (χ4n) is 2.97. The highest BCUT2D eigenvalue weighted by Gasteiger charge is 2.22. The summed E-state index contributed by atoms with van der Waals surface area (Å²) in [6.45, 7) is 5.44. The Labute approximate surface area is 150 Å². The molecule has 1 amide bonds. The van der Waals surface area contributed by atoms with Crippen LogP contribution < -0.4 is 14.8 Å². The van der Waals surface area contributed by atoms with Crippen molar-refractivity contribution in [1.82, 2.24) is 10.0 Å². The van der Waals surface area contributed by atoms with Crippen molar-refractivity contribution >= 4 is 15.9 Å². The number of amides is 1. The van der Waals surface area contributed by atoms with E-state index in [1.807, 2.05) is 13.8 Å². The van der Waals surface area contributed by atoms with E-state index in [0.29, 0.717) is 11.3 Å². The first-order valence-corrected chi connectivity index (χ1v) is 10.3. The third-order valence-corrected chi connectivity index (χ3v) is 5.71. The lowest BCUT2D eigenvalue weighted by Crippen LogP contribution is -2.36. The third kappa shape index (κ3) is 6.01. The van der Waals surface area contributed by atoms with Crippen molar-refractivity contribution in [2.24, 2.45) is 0 Å². The second-order valence-electron chi connectivity index (χ2n) is 6.89. The maximum absolute atomic E-state index is 12.5. The first-order chi connectivity index (χ1) is 11.8. The van der Waals surface area contributed by atoms with Crippen LogP contribution >= 0.6 is 0 Å². The highest BCUT2D eigenvalue weighted by molar-refractivity contribution is 7.89.